The van der Waals surface area contributed by atoms with E-state index in [0.29, 0.717) is 44.5 Å². The molecular weight excluding hydrogens is 452 g/mol. The maximum atomic E-state index is 13.9. The summed E-state index contributed by atoms with van der Waals surface area (Å²) in [5.74, 6) is -0.264. The standard InChI is InChI=1S/C28H34N6O2/c1-2-13-31-27(36)28(11-19-32(20-12-28)22-24-7-4-3-5-8-24)34(18-6-17-33-21-16-30-23-33)26(35)25-9-14-29-15-10-25/h2-5,7-10,14-16,21,23H,1,6,11-13,17-20,22H2,(H,31,36). The fourth-order valence-corrected chi connectivity index (χ4v) is 4.86. The second kappa shape index (κ2) is 12.3. The Morgan fingerprint density at radius 3 is 2.47 bits per heavy atom. The second-order valence-electron chi connectivity index (χ2n) is 9.14. The highest BCUT2D eigenvalue weighted by atomic mass is 16.2. The Morgan fingerprint density at radius 1 is 1.06 bits per heavy atom. The summed E-state index contributed by atoms with van der Waals surface area (Å²) in [7, 11) is 0. The Morgan fingerprint density at radius 2 is 1.81 bits per heavy atom. The average Bonchev–Trinajstić information content (AvgIpc) is 3.45. The summed E-state index contributed by atoms with van der Waals surface area (Å²) < 4.78 is 1.99. The number of carbonyl (C=O) groups is 2. The number of hydrogen-bond acceptors (Lipinski definition) is 5. The van der Waals surface area contributed by atoms with Gasteiger partial charge in [0.25, 0.3) is 5.91 Å². The summed E-state index contributed by atoms with van der Waals surface area (Å²) in [5.41, 5.74) is 0.840. The van der Waals surface area contributed by atoms with E-state index in [1.807, 2.05) is 29.0 Å². The maximum absolute atomic E-state index is 13.9. The number of aromatic nitrogens is 3. The van der Waals surface area contributed by atoms with Crippen molar-refractivity contribution in [1.82, 2.24) is 29.7 Å². The minimum absolute atomic E-state index is 0.119. The molecule has 0 spiro atoms. The lowest BCUT2D eigenvalue weighted by Gasteiger charge is -2.47. The first-order valence-corrected chi connectivity index (χ1v) is 12.5. The first kappa shape index (κ1) is 25.3. The van der Waals surface area contributed by atoms with E-state index in [4.69, 9.17) is 0 Å². The number of likely N-dealkylation sites (tertiary alicyclic amines) is 1. The van der Waals surface area contributed by atoms with Crippen molar-refractivity contribution < 1.29 is 9.59 Å². The molecular formula is C28H34N6O2. The fraction of sp³-hybridized carbons (Fsp3) is 0.357. The zero-order chi connectivity index (χ0) is 25.2. The van der Waals surface area contributed by atoms with Crippen LogP contribution in [0, 0.1) is 0 Å². The largest absolute Gasteiger partial charge is 0.351 e. The van der Waals surface area contributed by atoms with Gasteiger partial charge in [-0.15, -0.1) is 6.58 Å². The number of carbonyl (C=O) groups excluding carboxylic acids is 2. The fourth-order valence-electron chi connectivity index (χ4n) is 4.86. The lowest BCUT2D eigenvalue weighted by atomic mass is 9.83. The summed E-state index contributed by atoms with van der Waals surface area (Å²) in [5, 5.41) is 3.00. The summed E-state index contributed by atoms with van der Waals surface area (Å²) in [6, 6.07) is 13.8. The van der Waals surface area contributed by atoms with Gasteiger partial charge in [0.15, 0.2) is 0 Å². The van der Waals surface area contributed by atoms with Crippen LogP contribution < -0.4 is 5.32 Å². The smallest absolute Gasteiger partial charge is 0.254 e. The molecule has 4 rings (SSSR count). The highest BCUT2D eigenvalue weighted by molar-refractivity contribution is 5.99. The van der Waals surface area contributed by atoms with E-state index in [-0.39, 0.29) is 11.8 Å². The maximum Gasteiger partial charge on any atom is 0.254 e. The number of nitrogens with one attached hydrogen (secondary N) is 1. The molecule has 1 N–H and O–H groups in total. The number of amides is 2. The molecule has 2 aromatic heterocycles. The van der Waals surface area contributed by atoms with Crippen molar-refractivity contribution in [2.75, 3.05) is 26.2 Å². The minimum Gasteiger partial charge on any atom is -0.351 e. The molecule has 2 amide bonds. The third kappa shape index (κ3) is 6.07. The van der Waals surface area contributed by atoms with Gasteiger partial charge < -0.3 is 14.8 Å². The van der Waals surface area contributed by atoms with Crippen LogP contribution in [-0.2, 0) is 17.9 Å². The van der Waals surface area contributed by atoms with E-state index in [0.717, 1.165) is 19.6 Å². The predicted molar refractivity (Wildman–Crippen MR) is 139 cm³/mol. The Hall–Kier alpha value is -3.78. The number of imidazole rings is 1. The first-order valence-electron chi connectivity index (χ1n) is 12.5. The van der Waals surface area contributed by atoms with Crippen LogP contribution in [0.2, 0.25) is 0 Å². The summed E-state index contributed by atoms with van der Waals surface area (Å²) in [6.07, 6.45) is 12.1. The molecule has 3 heterocycles. The van der Waals surface area contributed by atoms with E-state index in [9.17, 15) is 9.59 Å². The molecule has 0 aliphatic carbocycles. The highest BCUT2D eigenvalue weighted by Gasteiger charge is 2.48. The zero-order valence-electron chi connectivity index (χ0n) is 20.6. The SMILES string of the molecule is C=CCNC(=O)C1(N(CCCn2ccnc2)C(=O)c2ccncc2)CCN(Cc2ccccc2)CC1. The van der Waals surface area contributed by atoms with Gasteiger partial charge >= 0.3 is 0 Å². The van der Waals surface area contributed by atoms with Crippen molar-refractivity contribution in [1.29, 1.82) is 0 Å². The molecule has 36 heavy (non-hydrogen) atoms. The lowest BCUT2D eigenvalue weighted by molar-refractivity contribution is -0.135. The Kier molecular flexibility index (Phi) is 8.62. The number of nitrogens with zero attached hydrogens (tertiary/aromatic N) is 5. The summed E-state index contributed by atoms with van der Waals surface area (Å²) >= 11 is 0. The number of rotatable bonds is 11. The van der Waals surface area contributed by atoms with Crippen LogP contribution >= 0.6 is 0 Å². The van der Waals surface area contributed by atoms with Crippen LogP contribution in [0.15, 0.2) is 86.2 Å². The van der Waals surface area contributed by atoms with Gasteiger partial charge in [-0.05, 0) is 37.0 Å². The first-order chi connectivity index (χ1) is 17.6. The molecule has 0 radical (unpaired) electrons. The van der Waals surface area contributed by atoms with Crippen LogP contribution in [0.5, 0.6) is 0 Å². The molecule has 0 unspecified atom stereocenters. The molecule has 1 aromatic carbocycles. The van der Waals surface area contributed by atoms with Gasteiger partial charge in [-0.3, -0.25) is 19.5 Å². The Labute approximate surface area is 212 Å². The van der Waals surface area contributed by atoms with E-state index in [1.165, 1.54) is 5.56 Å². The van der Waals surface area contributed by atoms with Gasteiger partial charge in [-0.2, -0.15) is 0 Å². The van der Waals surface area contributed by atoms with Gasteiger partial charge in [0.05, 0.1) is 6.33 Å². The summed E-state index contributed by atoms with van der Waals surface area (Å²) in [4.78, 5) is 39.9. The number of aryl methyl sites for hydroxylation is 1. The van der Waals surface area contributed by atoms with E-state index < -0.39 is 5.54 Å². The lowest BCUT2D eigenvalue weighted by Crippen LogP contribution is -2.65. The van der Waals surface area contributed by atoms with Crippen molar-refractivity contribution in [2.45, 2.75) is 37.9 Å². The van der Waals surface area contributed by atoms with Crippen molar-refractivity contribution in [2.24, 2.45) is 0 Å². The van der Waals surface area contributed by atoms with Gasteiger partial charge in [0.2, 0.25) is 5.91 Å². The highest BCUT2D eigenvalue weighted by Crippen LogP contribution is 2.32. The minimum atomic E-state index is -0.939. The number of hydrogen-bond donors (Lipinski definition) is 1. The van der Waals surface area contributed by atoms with Crippen molar-refractivity contribution in [3.63, 3.8) is 0 Å². The molecule has 1 saturated heterocycles. The van der Waals surface area contributed by atoms with Crippen molar-refractivity contribution in [3.8, 4) is 0 Å². The molecule has 3 aromatic rings. The van der Waals surface area contributed by atoms with Crippen LogP contribution in [-0.4, -0.2) is 67.9 Å². The average molecular weight is 487 g/mol. The van der Waals surface area contributed by atoms with Gasteiger partial charge in [-0.25, -0.2) is 4.98 Å². The number of benzene rings is 1. The quantitative estimate of drug-likeness (QED) is 0.421. The van der Waals surface area contributed by atoms with Crippen LogP contribution in [0.1, 0.15) is 35.2 Å². The van der Waals surface area contributed by atoms with E-state index >= 15 is 0 Å². The number of pyridine rings is 1. The molecule has 0 saturated carbocycles. The molecule has 8 nitrogen and oxygen atoms in total. The normalized spacial score (nSPS) is 15.2. The molecule has 1 aliphatic heterocycles. The van der Waals surface area contributed by atoms with Crippen molar-refractivity contribution >= 4 is 11.8 Å². The van der Waals surface area contributed by atoms with E-state index in [2.05, 4.69) is 38.9 Å². The van der Waals surface area contributed by atoms with Gasteiger partial charge in [0.1, 0.15) is 5.54 Å². The molecule has 0 bridgehead atoms. The second-order valence-corrected chi connectivity index (χ2v) is 9.14. The van der Waals surface area contributed by atoms with Gasteiger partial charge in [0, 0.05) is 69.6 Å². The number of piperidine rings is 1. The third-order valence-electron chi connectivity index (χ3n) is 6.81. The topological polar surface area (TPSA) is 83.4 Å². The monoisotopic (exact) mass is 486 g/mol. The molecule has 0 atom stereocenters. The zero-order valence-corrected chi connectivity index (χ0v) is 20.6. The van der Waals surface area contributed by atoms with Gasteiger partial charge in [-0.1, -0.05) is 36.4 Å². The molecule has 1 fully saturated rings. The molecule has 8 heteroatoms. The van der Waals surface area contributed by atoms with Crippen molar-refractivity contribution in [3.05, 3.63) is 97.4 Å². The van der Waals surface area contributed by atoms with E-state index in [1.54, 1.807) is 48.0 Å². The molecule has 1 aliphatic rings. The summed E-state index contributed by atoms with van der Waals surface area (Å²) in [6.45, 7) is 7.54. The predicted octanol–water partition coefficient (Wildman–Crippen LogP) is 3.15. The van der Waals surface area contributed by atoms with Crippen LogP contribution in [0.3, 0.4) is 0 Å². The molecule has 188 valence electrons. The van der Waals surface area contributed by atoms with Crippen LogP contribution in [0.4, 0.5) is 0 Å². The Balaban J connectivity index is 1.58. The Bertz CT molecular complexity index is 1110. The third-order valence-corrected chi connectivity index (χ3v) is 6.81. The van der Waals surface area contributed by atoms with Crippen LogP contribution in [0.25, 0.3) is 0 Å².